The molecule has 0 saturated carbocycles. The first-order chi connectivity index (χ1) is 16.7. The van der Waals surface area contributed by atoms with E-state index in [-0.39, 0.29) is 22.3 Å². The van der Waals surface area contributed by atoms with Gasteiger partial charge in [-0.2, -0.15) is 21.0 Å². The number of hydrogen-bond donors (Lipinski definition) is 0. The fourth-order valence-electron chi connectivity index (χ4n) is 4.59. The van der Waals surface area contributed by atoms with E-state index in [1.807, 2.05) is 72.8 Å². The minimum Gasteiger partial charge on any atom is -0.309 e. The highest BCUT2D eigenvalue weighted by Gasteiger charge is 2.28. The second kappa shape index (κ2) is 8.29. The summed E-state index contributed by atoms with van der Waals surface area (Å²) in [6.07, 6.45) is 0.792. The molecule has 5 rings (SSSR count). The highest BCUT2D eigenvalue weighted by atomic mass is 15.2. The van der Waals surface area contributed by atoms with Crippen LogP contribution in [0.4, 0.5) is 17.1 Å². The second-order valence-corrected chi connectivity index (χ2v) is 7.83. The molecule has 0 saturated heterocycles. The van der Waals surface area contributed by atoms with Gasteiger partial charge in [-0.25, -0.2) is 0 Å². The van der Waals surface area contributed by atoms with Crippen molar-refractivity contribution < 1.29 is 0 Å². The van der Waals surface area contributed by atoms with E-state index in [1.165, 1.54) is 6.07 Å². The Hall–Kier alpha value is -5.36. The number of benzene rings is 4. The zero-order valence-corrected chi connectivity index (χ0v) is 17.9. The molecule has 1 aliphatic heterocycles. The Labute approximate surface area is 197 Å². The van der Waals surface area contributed by atoms with E-state index in [0.29, 0.717) is 11.1 Å². The largest absolute Gasteiger partial charge is 0.309 e. The molecule has 1 aliphatic rings. The van der Waals surface area contributed by atoms with Crippen LogP contribution in [0.5, 0.6) is 0 Å². The fourth-order valence-corrected chi connectivity index (χ4v) is 4.59. The standard InChI is InChI=1S/C29H15N5/c30-15-21-14-22(16-31)25(18-33)29(24(21)17-32)23-9-3-6-12-28(23)34-26-10-4-1-7-19(26)13-20-8-2-5-11-27(20)34/h1-12,14H,13H2. The van der Waals surface area contributed by atoms with Gasteiger partial charge in [0, 0.05) is 28.9 Å². The lowest BCUT2D eigenvalue weighted by molar-refractivity contribution is 1.09. The molecule has 0 atom stereocenters. The predicted octanol–water partition coefficient (Wildman–Crippen LogP) is 6.21. The van der Waals surface area contributed by atoms with Gasteiger partial charge in [0.15, 0.2) is 0 Å². The average molecular weight is 433 g/mol. The van der Waals surface area contributed by atoms with Crippen LogP contribution in [-0.2, 0) is 6.42 Å². The normalized spacial score (nSPS) is 11.2. The molecule has 156 valence electrons. The van der Waals surface area contributed by atoms with Gasteiger partial charge in [0.05, 0.1) is 27.9 Å². The third-order valence-corrected chi connectivity index (χ3v) is 6.05. The van der Waals surface area contributed by atoms with Gasteiger partial charge < -0.3 is 4.90 Å². The molecule has 1 heterocycles. The van der Waals surface area contributed by atoms with E-state index >= 15 is 0 Å². The van der Waals surface area contributed by atoms with Gasteiger partial charge in [-0.3, -0.25) is 0 Å². The van der Waals surface area contributed by atoms with Gasteiger partial charge >= 0.3 is 0 Å². The number of nitrogens with zero attached hydrogens (tertiary/aromatic N) is 5. The number of anilines is 3. The van der Waals surface area contributed by atoms with Crippen molar-refractivity contribution in [1.82, 2.24) is 0 Å². The molecule has 5 nitrogen and oxygen atoms in total. The SMILES string of the molecule is N#Cc1cc(C#N)c(C#N)c(-c2ccccc2N2c3ccccc3Cc3ccccc32)c1C#N. The Morgan fingerprint density at radius 2 is 1.03 bits per heavy atom. The Morgan fingerprint density at radius 1 is 0.559 bits per heavy atom. The molecular weight excluding hydrogens is 418 g/mol. The van der Waals surface area contributed by atoms with Crippen molar-refractivity contribution in [2.75, 3.05) is 4.90 Å². The second-order valence-electron chi connectivity index (χ2n) is 7.83. The summed E-state index contributed by atoms with van der Waals surface area (Å²) < 4.78 is 0. The Balaban J connectivity index is 1.89. The van der Waals surface area contributed by atoms with Gasteiger partial charge in [-0.1, -0.05) is 54.6 Å². The third kappa shape index (κ3) is 3.06. The smallest absolute Gasteiger partial charge is 0.101 e. The molecule has 4 aromatic rings. The van der Waals surface area contributed by atoms with Crippen molar-refractivity contribution in [1.29, 1.82) is 21.0 Å². The zero-order chi connectivity index (χ0) is 23.7. The van der Waals surface area contributed by atoms with Crippen molar-refractivity contribution in [3.05, 3.63) is 112 Å². The summed E-state index contributed by atoms with van der Waals surface area (Å²) in [6.45, 7) is 0. The van der Waals surface area contributed by atoms with Crippen LogP contribution in [0.3, 0.4) is 0 Å². The molecular formula is C29H15N5. The highest BCUT2D eigenvalue weighted by Crippen LogP contribution is 2.48. The molecule has 0 unspecified atom stereocenters. The first kappa shape index (κ1) is 20.5. The lowest BCUT2D eigenvalue weighted by atomic mass is 9.87. The van der Waals surface area contributed by atoms with Gasteiger partial charge in [-0.15, -0.1) is 0 Å². The molecule has 0 aromatic heterocycles. The van der Waals surface area contributed by atoms with Crippen LogP contribution in [0.15, 0.2) is 78.9 Å². The minimum absolute atomic E-state index is 0.0716. The van der Waals surface area contributed by atoms with E-state index < -0.39 is 0 Å². The Kier molecular flexibility index (Phi) is 5.01. The van der Waals surface area contributed by atoms with Gasteiger partial charge in [0.1, 0.15) is 24.3 Å². The number of rotatable bonds is 2. The maximum absolute atomic E-state index is 9.99. The summed E-state index contributed by atoms with van der Waals surface area (Å²) in [7, 11) is 0. The first-order valence-corrected chi connectivity index (χ1v) is 10.6. The highest BCUT2D eigenvalue weighted by molar-refractivity contribution is 5.95. The summed E-state index contributed by atoms with van der Waals surface area (Å²) >= 11 is 0. The quantitative estimate of drug-likeness (QED) is 0.329. The third-order valence-electron chi connectivity index (χ3n) is 6.05. The topological polar surface area (TPSA) is 98.4 Å². The summed E-state index contributed by atoms with van der Waals surface area (Å²) in [4.78, 5) is 2.12. The van der Waals surface area contributed by atoms with Gasteiger partial charge in [-0.05, 0) is 35.4 Å². The van der Waals surface area contributed by atoms with Crippen molar-refractivity contribution in [3.8, 4) is 35.4 Å². The minimum atomic E-state index is 0.0716. The summed E-state index contributed by atoms with van der Waals surface area (Å²) in [5.74, 6) is 0. The molecule has 0 amide bonds. The lowest BCUT2D eigenvalue weighted by Gasteiger charge is -2.35. The van der Waals surface area contributed by atoms with E-state index in [4.69, 9.17) is 0 Å². The average Bonchev–Trinajstić information content (AvgIpc) is 2.90. The van der Waals surface area contributed by atoms with Crippen LogP contribution in [0, 0.1) is 45.3 Å². The number of nitriles is 4. The molecule has 34 heavy (non-hydrogen) atoms. The monoisotopic (exact) mass is 433 g/mol. The summed E-state index contributed by atoms with van der Waals surface area (Å²) in [5, 5.41) is 39.3. The number of para-hydroxylation sites is 3. The number of fused-ring (bicyclic) bond motifs is 2. The first-order valence-electron chi connectivity index (χ1n) is 10.6. The summed E-state index contributed by atoms with van der Waals surface area (Å²) in [5.41, 5.74) is 6.30. The van der Waals surface area contributed by atoms with Crippen LogP contribution < -0.4 is 4.90 Å². The molecule has 0 radical (unpaired) electrons. The molecule has 5 heteroatoms. The molecule has 0 N–H and O–H groups in total. The lowest BCUT2D eigenvalue weighted by Crippen LogP contribution is -2.19. The molecule has 0 bridgehead atoms. The molecule has 0 fully saturated rings. The summed E-state index contributed by atoms with van der Waals surface area (Å²) in [6, 6.07) is 33.3. The van der Waals surface area contributed by atoms with E-state index in [0.717, 1.165) is 34.6 Å². The molecule has 0 aliphatic carbocycles. The Bertz CT molecular complexity index is 1540. The van der Waals surface area contributed by atoms with Gasteiger partial charge in [0.25, 0.3) is 0 Å². The van der Waals surface area contributed by atoms with Crippen molar-refractivity contribution >= 4 is 17.1 Å². The zero-order valence-electron chi connectivity index (χ0n) is 17.9. The molecule has 4 aromatic carbocycles. The van der Waals surface area contributed by atoms with Crippen LogP contribution in [-0.4, -0.2) is 0 Å². The maximum Gasteiger partial charge on any atom is 0.101 e. The maximum atomic E-state index is 9.99. The van der Waals surface area contributed by atoms with Crippen LogP contribution in [0.2, 0.25) is 0 Å². The van der Waals surface area contributed by atoms with Crippen molar-refractivity contribution in [2.24, 2.45) is 0 Å². The van der Waals surface area contributed by atoms with Crippen LogP contribution in [0.25, 0.3) is 11.1 Å². The number of hydrogen-bond acceptors (Lipinski definition) is 5. The fraction of sp³-hybridized carbons (Fsp3) is 0.0345. The predicted molar refractivity (Wildman–Crippen MR) is 128 cm³/mol. The van der Waals surface area contributed by atoms with E-state index in [9.17, 15) is 21.0 Å². The van der Waals surface area contributed by atoms with E-state index in [2.05, 4.69) is 29.2 Å². The van der Waals surface area contributed by atoms with Crippen LogP contribution in [0.1, 0.15) is 33.4 Å². The van der Waals surface area contributed by atoms with Crippen molar-refractivity contribution in [2.45, 2.75) is 6.42 Å². The van der Waals surface area contributed by atoms with E-state index in [1.54, 1.807) is 0 Å². The molecule has 0 spiro atoms. The Morgan fingerprint density at radius 3 is 1.53 bits per heavy atom. The van der Waals surface area contributed by atoms with Crippen LogP contribution >= 0.6 is 0 Å². The van der Waals surface area contributed by atoms with Gasteiger partial charge in [0.2, 0.25) is 0 Å². The van der Waals surface area contributed by atoms with Crippen molar-refractivity contribution in [3.63, 3.8) is 0 Å².